The summed E-state index contributed by atoms with van der Waals surface area (Å²) in [6.07, 6.45) is -11.0. The Morgan fingerprint density at radius 2 is 1.36 bits per heavy atom. The second kappa shape index (κ2) is 16.5. The number of benzene rings is 1. The van der Waals surface area contributed by atoms with Gasteiger partial charge in [0.2, 0.25) is 0 Å². The highest BCUT2D eigenvalue weighted by Gasteiger charge is 2.92. The molecule has 328 valence electrons. The van der Waals surface area contributed by atoms with Crippen LogP contribution in [-0.2, 0) is 77.8 Å². The molecule has 12 atom stereocenters. The molecule has 1 aromatic heterocycles. The summed E-state index contributed by atoms with van der Waals surface area (Å²) in [5.41, 5.74) is -10.4. The largest absolute Gasteiger partial charge is 0.465 e. The highest BCUT2D eigenvalue weighted by atomic mass is 16.7. The number of ether oxygens (including phenoxy) is 9. The zero-order valence-electron chi connectivity index (χ0n) is 34.7. The van der Waals surface area contributed by atoms with E-state index in [0.29, 0.717) is 0 Å². The van der Waals surface area contributed by atoms with Crippen molar-refractivity contribution in [3.05, 3.63) is 65.5 Å². The fourth-order valence-corrected chi connectivity index (χ4v) is 9.60. The number of fused-ring (bicyclic) bond motifs is 5. The van der Waals surface area contributed by atoms with E-state index in [-0.39, 0.29) is 23.2 Å². The zero-order valence-corrected chi connectivity index (χ0v) is 34.7. The molecule has 3 heterocycles. The molecule has 61 heavy (non-hydrogen) atoms. The number of esters is 8. The molecule has 4 aliphatic rings. The molecule has 1 spiro atoms. The van der Waals surface area contributed by atoms with Gasteiger partial charge in [-0.25, -0.2) is 9.59 Å². The maximum Gasteiger partial charge on any atom is 0.340 e. The van der Waals surface area contributed by atoms with Gasteiger partial charge >= 0.3 is 47.8 Å². The van der Waals surface area contributed by atoms with Gasteiger partial charge in [-0.2, -0.15) is 0 Å². The minimum Gasteiger partial charge on any atom is -0.465 e. The average molecular weight is 854 g/mol. The maximum atomic E-state index is 14.4. The van der Waals surface area contributed by atoms with Gasteiger partial charge < -0.3 is 47.7 Å². The predicted octanol–water partition coefficient (Wildman–Crippen LogP) is 1.77. The highest BCUT2D eigenvalue weighted by Crippen LogP contribution is 2.70. The molecule has 2 aromatic rings. The van der Waals surface area contributed by atoms with Crippen LogP contribution in [0.25, 0.3) is 0 Å². The predicted molar refractivity (Wildman–Crippen MR) is 201 cm³/mol. The quantitative estimate of drug-likeness (QED) is 0.293. The molecule has 1 aromatic carbocycles. The first-order valence-corrected chi connectivity index (χ1v) is 19.4. The van der Waals surface area contributed by atoms with Crippen molar-refractivity contribution in [1.29, 1.82) is 0 Å². The SMILES string of the molecule is CC(=O)OC[C@@]12[C@H](OC(=O)c3ccccc3)[C@@H](OC(C)=O)[C@@H]3OC(=O)[C@@H](C)Cc4ncccc4C(=O)OC[C@]4(C)O[C@]1([C@@H](OC(C)=O)[C@@H]4[C@H](OC(C)=O)[C@H]2OC(C)=O)[C@@]3(C)O. The van der Waals surface area contributed by atoms with Crippen molar-refractivity contribution in [2.45, 2.75) is 115 Å². The third kappa shape index (κ3) is 7.57. The van der Waals surface area contributed by atoms with Gasteiger partial charge in [0, 0.05) is 47.2 Å². The van der Waals surface area contributed by atoms with Crippen LogP contribution in [0.4, 0.5) is 0 Å². The van der Waals surface area contributed by atoms with E-state index < -0.39 is 132 Å². The van der Waals surface area contributed by atoms with Crippen LogP contribution < -0.4 is 0 Å². The molecule has 3 fully saturated rings. The van der Waals surface area contributed by atoms with Gasteiger partial charge in [0.15, 0.2) is 30.0 Å². The van der Waals surface area contributed by atoms with E-state index >= 15 is 0 Å². The van der Waals surface area contributed by atoms with E-state index in [1.807, 2.05) is 0 Å². The summed E-state index contributed by atoms with van der Waals surface area (Å²) in [5, 5.41) is 13.5. The number of hydrogen-bond donors (Lipinski definition) is 1. The van der Waals surface area contributed by atoms with E-state index in [2.05, 4.69) is 4.98 Å². The molecular formula is C42H47NO18. The molecular weight excluding hydrogens is 806 g/mol. The number of carbonyl (C=O) groups excluding carboxylic acids is 8. The van der Waals surface area contributed by atoms with Crippen LogP contribution in [0.2, 0.25) is 0 Å². The lowest BCUT2D eigenvalue weighted by atomic mass is 9.45. The normalized spacial score (nSPS) is 35.2. The Labute approximate surface area is 349 Å². The highest BCUT2D eigenvalue weighted by molar-refractivity contribution is 5.91. The second-order valence-corrected chi connectivity index (χ2v) is 16.1. The first-order valence-electron chi connectivity index (χ1n) is 19.4. The van der Waals surface area contributed by atoms with Gasteiger partial charge in [-0.1, -0.05) is 25.1 Å². The lowest BCUT2D eigenvalue weighted by Gasteiger charge is -2.67. The molecule has 19 heteroatoms. The van der Waals surface area contributed by atoms with E-state index in [4.69, 9.17) is 42.6 Å². The first-order chi connectivity index (χ1) is 28.6. The molecule has 2 aliphatic heterocycles. The van der Waals surface area contributed by atoms with Gasteiger partial charge in [-0.05, 0) is 38.1 Å². The Kier molecular flexibility index (Phi) is 12.1. The molecule has 0 radical (unpaired) electrons. The van der Waals surface area contributed by atoms with Gasteiger partial charge in [0.25, 0.3) is 0 Å². The summed E-state index contributed by atoms with van der Waals surface area (Å²) in [7, 11) is 0. The lowest BCUT2D eigenvalue weighted by Crippen LogP contribution is -2.89. The first kappa shape index (κ1) is 44.6. The Hall–Kier alpha value is -5.95. The standard InChI is InChI=1S/C42H47NO18/c1-20-17-28-27(15-12-16-43-28)38(51)54-18-39(7)29-30(55-22(3)45)34(58-25(6)48)41(19-53-21(2)44)35(60-37(50)26-13-10-9-11-14-26)31(56-23(4)46)33(59-36(20)49)40(8,52)42(41,61-39)32(29)57-24(5)47/h9-16,20,29-35,52H,17-19H2,1-8H3/t20-,29-,30-,31-,32-,33-,34+,35+,39-,40-,41+,42+/m0/s1. The Bertz CT molecular complexity index is 2120. The fraction of sp³-hybridized carbons (Fsp3) is 0.548. The topological polar surface area (TPSA) is 253 Å². The molecule has 0 amide bonds. The van der Waals surface area contributed by atoms with E-state index in [1.54, 1.807) is 6.07 Å². The summed E-state index contributed by atoms with van der Waals surface area (Å²) in [6, 6.07) is 10.3. The Balaban J connectivity index is 1.80. The number of rotatable bonds is 8. The monoisotopic (exact) mass is 853 g/mol. The van der Waals surface area contributed by atoms with Crippen LogP contribution in [0.5, 0.6) is 0 Å². The molecule has 2 aliphatic carbocycles. The van der Waals surface area contributed by atoms with E-state index in [9.17, 15) is 43.5 Å². The minimum atomic E-state index is -2.85. The Morgan fingerprint density at radius 1 is 0.770 bits per heavy atom. The molecule has 4 bridgehead atoms. The maximum absolute atomic E-state index is 14.4. The van der Waals surface area contributed by atoms with Gasteiger partial charge in [-0.15, -0.1) is 0 Å². The van der Waals surface area contributed by atoms with Crippen molar-refractivity contribution in [3.8, 4) is 0 Å². The summed E-state index contributed by atoms with van der Waals surface area (Å²) in [6.45, 7) is 7.08. The van der Waals surface area contributed by atoms with Crippen molar-refractivity contribution in [3.63, 3.8) is 0 Å². The number of nitrogens with zero attached hydrogens (tertiary/aromatic N) is 1. The summed E-state index contributed by atoms with van der Waals surface area (Å²) in [4.78, 5) is 113. The second-order valence-electron chi connectivity index (χ2n) is 16.1. The van der Waals surface area contributed by atoms with Crippen molar-refractivity contribution < 1.29 is 86.1 Å². The van der Waals surface area contributed by atoms with Crippen LogP contribution in [0.3, 0.4) is 0 Å². The molecule has 1 N–H and O–H groups in total. The Morgan fingerprint density at radius 3 is 1.97 bits per heavy atom. The number of hydrogen-bond acceptors (Lipinski definition) is 19. The molecule has 6 rings (SSSR count). The van der Waals surface area contributed by atoms with Crippen LogP contribution in [0, 0.1) is 17.3 Å². The number of aliphatic hydroxyl groups is 1. The van der Waals surface area contributed by atoms with Crippen LogP contribution >= 0.6 is 0 Å². The third-order valence-electron chi connectivity index (χ3n) is 11.8. The van der Waals surface area contributed by atoms with E-state index in [1.165, 1.54) is 56.4 Å². The van der Waals surface area contributed by atoms with Crippen LogP contribution in [0.15, 0.2) is 48.7 Å². The smallest absolute Gasteiger partial charge is 0.340 e. The molecule has 0 unspecified atom stereocenters. The number of cyclic esters (lactones) is 1. The molecule has 1 saturated heterocycles. The molecule has 2 saturated carbocycles. The average Bonchev–Trinajstić information content (AvgIpc) is 3.40. The summed E-state index contributed by atoms with van der Waals surface area (Å²) in [5.74, 6) is -10.9. The van der Waals surface area contributed by atoms with Gasteiger partial charge in [-0.3, -0.25) is 33.8 Å². The van der Waals surface area contributed by atoms with Crippen molar-refractivity contribution in [2.24, 2.45) is 17.3 Å². The van der Waals surface area contributed by atoms with E-state index in [0.717, 1.165) is 41.5 Å². The van der Waals surface area contributed by atoms with Crippen molar-refractivity contribution >= 4 is 47.8 Å². The number of pyridine rings is 1. The minimum absolute atomic E-state index is 0.0464. The number of carbonyl (C=O) groups is 8. The number of aromatic nitrogens is 1. The van der Waals surface area contributed by atoms with Crippen LogP contribution in [0.1, 0.15) is 81.8 Å². The van der Waals surface area contributed by atoms with Gasteiger partial charge in [0.05, 0.1) is 28.7 Å². The van der Waals surface area contributed by atoms with Crippen molar-refractivity contribution in [2.75, 3.05) is 13.2 Å². The summed E-state index contributed by atoms with van der Waals surface area (Å²) < 4.78 is 55.2. The summed E-state index contributed by atoms with van der Waals surface area (Å²) >= 11 is 0. The molecule has 19 nitrogen and oxygen atoms in total. The third-order valence-corrected chi connectivity index (χ3v) is 11.8. The van der Waals surface area contributed by atoms with Crippen molar-refractivity contribution in [1.82, 2.24) is 4.98 Å². The van der Waals surface area contributed by atoms with Crippen LogP contribution in [-0.4, -0.2) is 124 Å². The lowest BCUT2D eigenvalue weighted by molar-refractivity contribution is -0.385. The fourth-order valence-electron chi connectivity index (χ4n) is 9.60. The van der Waals surface area contributed by atoms with Gasteiger partial charge in [0.1, 0.15) is 42.0 Å². The zero-order chi connectivity index (χ0) is 44.8.